The van der Waals surface area contributed by atoms with Gasteiger partial charge in [0.2, 0.25) is 0 Å². The molecule has 0 amide bonds. The van der Waals surface area contributed by atoms with Gasteiger partial charge >= 0.3 is 15.6 Å². The van der Waals surface area contributed by atoms with Gasteiger partial charge in [-0.25, -0.2) is 0 Å². The summed E-state index contributed by atoms with van der Waals surface area (Å²) in [5, 5.41) is 0.0856. The summed E-state index contributed by atoms with van der Waals surface area (Å²) in [6, 6.07) is 6.56. The number of para-hydroxylation sites is 1. The SMILES string of the molecule is Cn1c(=O)cc(OS(=O)(=O)C(F)(F)F)c2ccccc21. The molecule has 1 aromatic carbocycles. The zero-order valence-corrected chi connectivity index (χ0v) is 10.8. The number of hydrogen-bond donors (Lipinski definition) is 0. The van der Waals surface area contributed by atoms with Gasteiger partial charge in [-0.05, 0) is 12.1 Å². The average Bonchev–Trinajstić information content (AvgIpc) is 2.34. The molecule has 0 atom stereocenters. The van der Waals surface area contributed by atoms with E-state index in [1.807, 2.05) is 0 Å². The predicted molar refractivity (Wildman–Crippen MR) is 64.8 cm³/mol. The first-order chi connectivity index (χ1) is 9.13. The number of fused-ring (bicyclic) bond motifs is 1. The summed E-state index contributed by atoms with van der Waals surface area (Å²) < 4.78 is 64.1. The highest BCUT2D eigenvalue weighted by atomic mass is 32.2. The van der Waals surface area contributed by atoms with Crippen LogP contribution in [-0.2, 0) is 17.2 Å². The highest BCUT2D eigenvalue weighted by Gasteiger charge is 2.48. The maximum absolute atomic E-state index is 12.3. The number of halogens is 3. The van der Waals surface area contributed by atoms with Crippen LogP contribution in [0.25, 0.3) is 10.9 Å². The third-order valence-corrected chi connectivity index (χ3v) is 3.56. The molecule has 20 heavy (non-hydrogen) atoms. The van der Waals surface area contributed by atoms with Crippen LogP contribution in [0.5, 0.6) is 5.75 Å². The Morgan fingerprint density at radius 3 is 2.40 bits per heavy atom. The van der Waals surface area contributed by atoms with Crippen molar-refractivity contribution in [2.45, 2.75) is 5.51 Å². The standard InChI is InChI=1S/C11H8F3NO4S/c1-15-8-5-3-2-4-7(8)9(6-10(15)16)19-20(17,18)11(12,13)14/h2-6H,1H3. The fraction of sp³-hybridized carbons (Fsp3) is 0.182. The van der Waals surface area contributed by atoms with E-state index in [1.54, 1.807) is 6.07 Å². The summed E-state index contributed by atoms with van der Waals surface area (Å²) in [6.07, 6.45) is 0. The van der Waals surface area contributed by atoms with Gasteiger partial charge in [-0.3, -0.25) is 4.79 Å². The van der Waals surface area contributed by atoms with Crippen molar-refractivity contribution in [3.05, 3.63) is 40.7 Å². The molecule has 5 nitrogen and oxygen atoms in total. The monoisotopic (exact) mass is 307 g/mol. The van der Waals surface area contributed by atoms with Crippen LogP contribution in [0.4, 0.5) is 13.2 Å². The van der Waals surface area contributed by atoms with E-state index in [0.717, 1.165) is 0 Å². The molecule has 0 radical (unpaired) electrons. The molecule has 0 N–H and O–H groups in total. The number of nitrogens with zero attached hydrogens (tertiary/aromatic N) is 1. The summed E-state index contributed by atoms with van der Waals surface area (Å²) in [6.45, 7) is 0. The molecule has 0 unspecified atom stereocenters. The molecule has 2 rings (SSSR count). The molecule has 108 valence electrons. The largest absolute Gasteiger partial charge is 0.534 e. The van der Waals surface area contributed by atoms with Crippen LogP contribution < -0.4 is 9.74 Å². The second kappa shape index (κ2) is 4.51. The van der Waals surface area contributed by atoms with Crippen LogP contribution in [0.2, 0.25) is 0 Å². The van der Waals surface area contributed by atoms with Gasteiger partial charge in [-0.2, -0.15) is 21.6 Å². The Morgan fingerprint density at radius 2 is 1.80 bits per heavy atom. The highest BCUT2D eigenvalue weighted by Crippen LogP contribution is 2.30. The number of alkyl halides is 3. The van der Waals surface area contributed by atoms with Crippen LogP contribution in [0.15, 0.2) is 35.1 Å². The van der Waals surface area contributed by atoms with Gasteiger partial charge in [0.1, 0.15) is 0 Å². The molecule has 0 fully saturated rings. The fourth-order valence-electron chi connectivity index (χ4n) is 1.61. The minimum atomic E-state index is -5.82. The van der Waals surface area contributed by atoms with Crippen molar-refractivity contribution in [2.24, 2.45) is 7.05 Å². The van der Waals surface area contributed by atoms with Gasteiger partial charge in [0.15, 0.2) is 5.75 Å². The summed E-state index contributed by atoms with van der Waals surface area (Å²) in [5.74, 6) is -0.652. The molecule has 0 aliphatic carbocycles. The van der Waals surface area contributed by atoms with Crippen LogP contribution in [0.1, 0.15) is 0 Å². The Balaban J connectivity index is 2.69. The lowest BCUT2D eigenvalue weighted by Crippen LogP contribution is -2.29. The van der Waals surface area contributed by atoms with E-state index in [4.69, 9.17) is 0 Å². The number of rotatable bonds is 2. The molecule has 0 aliphatic heterocycles. The second-order valence-corrected chi connectivity index (χ2v) is 5.44. The van der Waals surface area contributed by atoms with Crippen molar-refractivity contribution in [1.29, 1.82) is 0 Å². The van der Waals surface area contributed by atoms with Gasteiger partial charge < -0.3 is 8.75 Å². The molecule has 0 saturated heterocycles. The van der Waals surface area contributed by atoms with Crippen LogP contribution in [0.3, 0.4) is 0 Å². The third-order valence-electron chi connectivity index (χ3n) is 2.60. The first-order valence-corrected chi connectivity index (χ1v) is 6.64. The minimum absolute atomic E-state index is 0.0856. The fourth-order valence-corrected chi connectivity index (χ4v) is 2.08. The van der Waals surface area contributed by atoms with Crippen molar-refractivity contribution in [3.63, 3.8) is 0 Å². The van der Waals surface area contributed by atoms with Crippen LogP contribution in [-0.4, -0.2) is 18.5 Å². The summed E-state index contributed by atoms with van der Waals surface area (Å²) in [4.78, 5) is 11.6. The maximum Gasteiger partial charge on any atom is 0.534 e. The number of hydrogen-bond acceptors (Lipinski definition) is 4. The van der Waals surface area contributed by atoms with Gasteiger partial charge in [0.05, 0.1) is 5.52 Å². The van der Waals surface area contributed by atoms with Gasteiger partial charge in [0, 0.05) is 18.5 Å². The molecule has 0 spiro atoms. The Labute approximate surface area is 111 Å². The van der Waals surface area contributed by atoms with E-state index >= 15 is 0 Å². The minimum Gasteiger partial charge on any atom is -0.375 e. The van der Waals surface area contributed by atoms with Gasteiger partial charge in [-0.1, -0.05) is 12.1 Å². The summed E-state index contributed by atoms with van der Waals surface area (Å²) in [7, 11) is -4.41. The van der Waals surface area contributed by atoms with E-state index in [9.17, 15) is 26.4 Å². The van der Waals surface area contributed by atoms with E-state index in [0.29, 0.717) is 6.07 Å². The van der Waals surface area contributed by atoms with E-state index < -0.39 is 26.9 Å². The van der Waals surface area contributed by atoms with Gasteiger partial charge in [0.25, 0.3) is 5.56 Å². The molecule has 1 aromatic heterocycles. The lowest BCUT2D eigenvalue weighted by molar-refractivity contribution is -0.0499. The molecule has 1 heterocycles. The van der Waals surface area contributed by atoms with Crippen molar-refractivity contribution >= 4 is 21.0 Å². The highest BCUT2D eigenvalue weighted by molar-refractivity contribution is 7.88. The van der Waals surface area contributed by atoms with E-state index in [1.165, 1.54) is 29.8 Å². The molecular formula is C11H8F3NO4S. The smallest absolute Gasteiger partial charge is 0.375 e. The molecule has 0 saturated carbocycles. The Bertz CT molecular complexity index is 824. The number of aromatic nitrogens is 1. The van der Waals surface area contributed by atoms with E-state index in [2.05, 4.69) is 4.18 Å². The van der Waals surface area contributed by atoms with Crippen molar-refractivity contribution in [3.8, 4) is 5.75 Å². The Morgan fingerprint density at radius 1 is 1.20 bits per heavy atom. The van der Waals surface area contributed by atoms with Crippen molar-refractivity contribution in [1.82, 2.24) is 4.57 Å². The second-order valence-electron chi connectivity index (χ2n) is 3.91. The summed E-state index contributed by atoms with van der Waals surface area (Å²) >= 11 is 0. The first-order valence-electron chi connectivity index (χ1n) is 5.23. The normalized spacial score (nSPS) is 12.6. The zero-order valence-electron chi connectivity index (χ0n) is 10.0. The number of benzene rings is 1. The van der Waals surface area contributed by atoms with Crippen molar-refractivity contribution < 1.29 is 25.8 Å². The predicted octanol–water partition coefficient (Wildman–Crippen LogP) is 1.77. The van der Waals surface area contributed by atoms with Crippen LogP contribution in [0, 0.1) is 0 Å². The van der Waals surface area contributed by atoms with E-state index in [-0.39, 0.29) is 10.9 Å². The maximum atomic E-state index is 12.3. The average molecular weight is 307 g/mol. The lowest BCUT2D eigenvalue weighted by atomic mass is 10.2. The topological polar surface area (TPSA) is 65.4 Å². The third kappa shape index (κ3) is 2.36. The molecule has 2 aromatic rings. The van der Waals surface area contributed by atoms with Crippen molar-refractivity contribution in [2.75, 3.05) is 0 Å². The molecular weight excluding hydrogens is 299 g/mol. The van der Waals surface area contributed by atoms with Gasteiger partial charge in [-0.15, -0.1) is 0 Å². The lowest BCUT2D eigenvalue weighted by Gasteiger charge is -2.12. The quantitative estimate of drug-likeness (QED) is 0.626. The summed E-state index contributed by atoms with van der Waals surface area (Å²) in [5.41, 5.74) is -5.99. The molecule has 0 bridgehead atoms. The molecule has 0 aliphatic rings. The first kappa shape index (κ1) is 14.4. The Hall–Kier alpha value is -2.03. The molecule has 9 heteroatoms. The number of pyridine rings is 1. The zero-order chi connectivity index (χ0) is 15.1. The van der Waals surface area contributed by atoms with Crippen LogP contribution >= 0.6 is 0 Å². The number of aryl methyl sites for hydroxylation is 1. The Kier molecular flexibility index (Phi) is 3.24.